The van der Waals surface area contributed by atoms with E-state index in [1.807, 2.05) is 18.2 Å². The van der Waals surface area contributed by atoms with E-state index in [1.165, 1.54) is 0 Å². The van der Waals surface area contributed by atoms with Crippen LogP contribution in [0.1, 0.15) is 24.4 Å². The first-order chi connectivity index (χ1) is 8.76. The normalized spacial score (nSPS) is 18.6. The van der Waals surface area contributed by atoms with Gasteiger partial charge in [-0.05, 0) is 37.0 Å². The third-order valence-corrected chi connectivity index (χ3v) is 3.68. The van der Waals surface area contributed by atoms with E-state index in [0.29, 0.717) is 10.9 Å². The lowest BCUT2D eigenvalue weighted by molar-refractivity contribution is 0.0533. The molecule has 1 aromatic rings. The van der Waals surface area contributed by atoms with Gasteiger partial charge in [0.15, 0.2) is 0 Å². The zero-order valence-corrected chi connectivity index (χ0v) is 11.2. The number of hydrogen-bond acceptors (Lipinski definition) is 4. The Morgan fingerprint density at radius 2 is 2.17 bits per heavy atom. The second-order valence-electron chi connectivity index (χ2n) is 4.48. The van der Waals surface area contributed by atoms with Crippen molar-refractivity contribution in [2.45, 2.75) is 18.9 Å². The number of halogens is 1. The molecule has 1 saturated heterocycles. The average Bonchev–Trinajstić information content (AvgIpc) is 2.41. The number of methoxy groups -OCH3 is 1. The molecular weight excluding hydrogens is 252 g/mol. The van der Waals surface area contributed by atoms with Gasteiger partial charge >= 0.3 is 0 Å². The third kappa shape index (κ3) is 2.95. The summed E-state index contributed by atoms with van der Waals surface area (Å²) in [6, 6.07) is 5.66. The van der Waals surface area contributed by atoms with Gasteiger partial charge in [-0.1, -0.05) is 11.6 Å². The van der Waals surface area contributed by atoms with Gasteiger partial charge in [0.2, 0.25) is 0 Å². The Kier molecular flexibility index (Phi) is 4.83. The van der Waals surface area contributed by atoms with Crippen LogP contribution in [0.3, 0.4) is 0 Å². The molecule has 0 aliphatic carbocycles. The summed E-state index contributed by atoms with van der Waals surface area (Å²) in [7, 11) is 1.66. The predicted octanol–water partition coefficient (Wildman–Crippen LogP) is 2.28. The Balaban J connectivity index is 2.27. The summed E-state index contributed by atoms with van der Waals surface area (Å²) in [6.07, 6.45) is 1.98. The second kappa shape index (κ2) is 6.38. The SMILES string of the molecule is COc1ccc(Cl)cc1C(NN)C1CCOCC1. The highest BCUT2D eigenvalue weighted by Gasteiger charge is 2.26. The summed E-state index contributed by atoms with van der Waals surface area (Å²) in [6.45, 7) is 1.57. The molecule has 18 heavy (non-hydrogen) atoms. The number of rotatable bonds is 4. The number of nitrogens with two attached hydrogens (primary N) is 1. The number of hydrazine groups is 1. The molecule has 1 unspecified atom stereocenters. The summed E-state index contributed by atoms with van der Waals surface area (Å²) in [5, 5.41) is 0.693. The predicted molar refractivity (Wildman–Crippen MR) is 71.6 cm³/mol. The van der Waals surface area contributed by atoms with Gasteiger partial charge < -0.3 is 9.47 Å². The number of nitrogens with one attached hydrogen (secondary N) is 1. The van der Waals surface area contributed by atoms with Crippen LogP contribution in [0.4, 0.5) is 0 Å². The molecule has 3 N–H and O–H groups in total. The standard InChI is InChI=1S/C13H19ClN2O2/c1-17-12-3-2-10(14)8-11(12)13(16-15)9-4-6-18-7-5-9/h2-3,8-9,13,16H,4-7,15H2,1H3. The molecule has 1 fully saturated rings. The molecule has 0 radical (unpaired) electrons. The van der Waals surface area contributed by atoms with Gasteiger partial charge in [-0.2, -0.15) is 0 Å². The molecule has 1 atom stereocenters. The largest absolute Gasteiger partial charge is 0.496 e. The first kappa shape index (κ1) is 13.6. The van der Waals surface area contributed by atoms with Gasteiger partial charge in [0, 0.05) is 23.8 Å². The summed E-state index contributed by atoms with van der Waals surface area (Å²) in [4.78, 5) is 0. The van der Waals surface area contributed by atoms with Crippen LogP contribution in [0.25, 0.3) is 0 Å². The maximum absolute atomic E-state index is 6.06. The molecule has 1 aliphatic heterocycles. The Morgan fingerprint density at radius 1 is 1.44 bits per heavy atom. The van der Waals surface area contributed by atoms with Crippen LogP contribution in [-0.2, 0) is 4.74 Å². The highest BCUT2D eigenvalue weighted by atomic mass is 35.5. The summed E-state index contributed by atoms with van der Waals surface area (Å²) < 4.78 is 10.8. The van der Waals surface area contributed by atoms with Crippen LogP contribution < -0.4 is 16.0 Å². The average molecular weight is 271 g/mol. The molecular formula is C13H19ClN2O2. The maximum Gasteiger partial charge on any atom is 0.123 e. The molecule has 0 bridgehead atoms. The maximum atomic E-state index is 6.06. The van der Waals surface area contributed by atoms with Crippen molar-refractivity contribution in [3.05, 3.63) is 28.8 Å². The molecule has 5 heteroatoms. The summed E-state index contributed by atoms with van der Waals surface area (Å²) >= 11 is 6.06. The Hall–Kier alpha value is -0.810. The van der Waals surface area contributed by atoms with Crippen molar-refractivity contribution < 1.29 is 9.47 Å². The molecule has 1 aliphatic rings. The van der Waals surface area contributed by atoms with Gasteiger partial charge in [-0.25, -0.2) is 0 Å². The van der Waals surface area contributed by atoms with Crippen molar-refractivity contribution in [3.63, 3.8) is 0 Å². The highest BCUT2D eigenvalue weighted by Crippen LogP contribution is 2.35. The fourth-order valence-electron chi connectivity index (χ4n) is 2.48. The number of ether oxygens (including phenoxy) is 2. The second-order valence-corrected chi connectivity index (χ2v) is 4.92. The van der Waals surface area contributed by atoms with Crippen LogP contribution >= 0.6 is 11.6 Å². The lowest BCUT2D eigenvalue weighted by Gasteiger charge is -2.31. The lowest BCUT2D eigenvalue weighted by Crippen LogP contribution is -2.36. The van der Waals surface area contributed by atoms with Crippen molar-refractivity contribution in [3.8, 4) is 5.75 Å². The van der Waals surface area contributed by atoms with Gasteiger partial charge in [0.05, 0.1) is 13.2 Å². The molecule has 0 spiro atoms. The highest BCUT2D eigenvalue weighted by molar-refractivity contribution is 6.30. The molecule has 0 saturated carbocycles. The Labute approximate surface area is 112 Å². The molecule has 0 aromatic heterocycles. The fourth-order valence-corrected chi connectivity index (χ4v) is 2.66. The van der Waals surface area contributed by atoms with E-state index >= 15 is 0 Å². The fraction of sp³-hybridized carbons (Fsp3) is 0.538. The van der Waals surface area contributed by atoms with Crippen LogP contribution in [0.5, 0.6) is 5.75 Å². The van der Waals surface area contributed by atoms with Gasteiger partial charge in [-0.3, -0.25) is 11.3 Å². The Morgan fingerprint density at radius 3 is 2.78 bits per heavy atom. The van der Waals surface area contributed by atoms with Crippen molar-refractivity contribution in [2.75, 3.05) is 20.3 Å². The quantitative estimate of drug-likeness (QED) is 0.651. The first-order valence-corrected chi connectivity index (χ1v) is 6.51. The smallest absolute Gasteiger partial charge is 0.123 e. The van der Waals surface area contributed by atoms with E-state index in [0.717, 1.165) is 37.4 Å². The van der Waals surface area contributed by atoms with Crippen molar-refractivity contribution in [1.29, 1.82) is 0 Å². The number of hydrogen-bond donors (Lipinski definition) is 2. The zero-order valence-electron chi connectivity index (χ0n) is 10.5. The number of benzene rings is 1. The molecule has 1 aromatic carbocycles. The van der Waals surface area contributed by atoms with Crippen LogP contribution in [0, 0.1) is 5.92 Å². The minimum atomic E-state index is 0.0440. The molecule has 0 amide bonds. The van der Waals surface area contributed by atoms with Crippen LogP contribution in [0.15, 0.2) is 18.2 Å². The van der Waals surface area contributed by atoms with E-state index in [-0.39, 0.29) is 6.04 Å². The van der Waals surface area contributed by atoms with E-state index in [1.54, 1.807) is 7.11 Å². The van der Waals surface area contributed by atoms with Crippen LogP contribution in [-0.4, -0.2) is 20.3 Å². The molecule has 2 rings (SSSR count). The van der Waals surface area contributed by atoms with E-state index in [9.17, 15) is 0 Å². The minimum Gasteiger partial charge on any atom is -0.496 e. The van der Waals surface area contributed by atoms with Crippen molar-refractivity contribution >= 4 is 11.6 Å². The summed E-state index contributed by atoms with van der Waals surface area (Å²) in [5.74, 6) is 6.97. The zero-order chi connectivity index (χ0) is 13.0. The van der Waals surface area contributed by atoms with Crippen LogP contribution in [0.2, 0.25) is 5.02 Å². The van der Waals surface area contributed by atoms with Gasteiger partial charge in [0.25, 0.3) is 0 Å². The van der Waals surface area contributed by atoms with Gasteiger partial charge in [0.1, 0.15) is 5.75 Å². The summed E-state index contributed by atoms with van der Waals surface area (Å²) in [5.41, 5.74) is 3.91. The first-order valence-electron chi connectivity index (χ1n) is 6.13. The molecule has 1 heterocycles. The van der Waals surface area contributed by atoms with Crippen molar-refractivity contribution in [2.24, 2.45) is 11.8 Å². The van der Waals surface area contributed by atoms with E-state index < -0.39 is 0 Å². The Bertz CT molecular complexity index is 395. The molecule has 4 nitrogen and oxygen atoms in total. The topological polar surface area (TPSA) is 56.5 Å². The minimum absolute atomic E-state index is 0.0440. The molecule has 100 valence electrons. The van der Waals surface area contributed by atoms with Gasteiger partial charge in [-0.15, -0.1) is 0 Å². The lowest BCUT2D eigenvalue weighted by atomic mass is 9.87. The van der Waals surface area contributed by atoms with Crippen molar-refractivity contribution in [1.82, 2.24) is 5.43 Å². The monoisotopic (exact) mass is 270 g/mol. The van der Waals surface area contributed by atoms with E-state index in [4.69, 9.17) is 26.9 Å². The van der Waals surface area contributed by atoms with E-state index in [2.05, 4.69) is 5.43 Å². The third-order valence-electron chi connectivity index (χ3n) is 3.44.